The van der Waals surface area contributed by atoms with E-state index >= 15 is 0 Å². The molecule has 0 aromatic rings. The lowest BCUT2D eigenvalue weighted by Crippen LogP contribution is -1.76. The minimum atomic E-state index is 0.912. The van der Waals surface area contributed by atoms with E-state index in [1.54, 1.807) is 6.54 Å². The molecule has 0 saturated heterocycles. The molecule has 0 atom stereocenters. The van der Waals surface area contributed by atoms with Crippen molar-refractivity contribution in [2.75, 3.05) is 0 Å². The van der Waals surface area contributed by atoms with Crippen LogP contribution in [-0.2, 0) is 4.79 Å². The lowest BCUT2D eigenvalue weighted by atomic mass is 10.2. The van der Waals surface area contributed by atoms with Crippen molar-refractivity contribution in [3.8, 4) is 0 Å². The van der Waals surface area contributed by atoms with Crippen LogP contribution in [0.4, 0.5) is 0 Å². The Labute approximate surface area is 62.4 Å². The largest absolute Gasteiger partial charge is 0.235 e. The summed E-state index contributed by atoms with van der Waals surface area (Å²) in [4.78, 5) is 12.9. The number of nitrogens with zero attached hydrogens (tertiary/aromatic N) is 1. The minimum absolute atomic E-state index is 0.912. The molecule has 0 aliphatic heterocycles. The van der Waals surface area contributed by atoms with Crippen molar-refractivity contribution < 1.29 is 4.79 Å². The fraction of sp³-hybridized carbons (Fsp3) is 0.750. The molecule has 0 N–H and O–H groups in total. The van der Waals surface area contributed by atoms with Crippen LogP contribution in [0, 0.1) is 6.54 Å². The predicted molar refractivity (Wildman–Crippen MR) is 41.2 cm³/mol. The van der Waals surface area contributed by atoms with Crippen LogP contribution in [0.2, 0.25) is 0 Å². The Balaban J connectivity index is 2.83. The molecule has 2 heteroatoms. The summed E-state index contributed by atoms with van der Waals surface area (Å²) >= 11 is 0. The first-order valence-electron chi connectivity index (χ1n) is 3.80. The van der Waals surface area contributed by atoms with Gasteiger partial charge in [-0.2, -0.15) is 0 Å². The summed E-state index contributed by atoms with van der Waals surface area (Å²) in [5, 5.41) is 0. The van der Waals surface area contributed by atoms with Gasteiger partial charge >= 0.3 is 0 Å². The molecule has 0 heterocycles. The van der Waals surface area contributed by atoms with Crippen molar-refractivity contribution in [3.63, 3.8) is 0 Å². The highest BCUT2D eigenvalue weighted by Crippen LogP contribution is 2.03. The topological polar surface area (TPSA) is 29.4 Å². The third-order valence-corrected chi connectivity index (χ3v) is 1.33. The highest BCUT2D eigenvalue weighted by Gasteiger charge is 1.86. The summed E-state index contributed by atoms with van der Waals surface area (Å²) in [7, 11) is 0. The van der Waals surface area contributed by atoms with E-state index in [2.05, 4.69) is 11.9 Å². The normalized spacial score (nSPS) is 8.90. The molecular formula is C8H14NO. The number of rotatable bonds is 6. The number of aliphatic imine (C=N–C) groups is 1. The molecule has 0 rings (SSSR count). The Morgan fingerprint density at radius 3 is 2.80 bits per heavy atom. The Hall–Kier alpha value is -0.620. The lowest BCUT2D eigenvalue weighted by molar-refractivity contribution is 0.563. The quantitative estimate of drug-likeness (QED) is 0.316. The summed E-state index contributed by atoms with van der Waals surface area (Å²) in [6, 6.07) is 0. The summed E-state index contributed by atoms with van der Waals surface area (Å²) < 4.78 is 0. The van der Waals surface area contributed by atoms with Gasteiger partial charge in [-0.3, -0.25) is 0 Å². The van der Waals surface area contributed by atoms with Crippen molar-refractivity contribution in [2.24, 2.45) is 4.99 Å². The molecule has 0 fully saturated rings. The maximum absolute atomic E-state index is 9.57. The van der Waals surface area contributed by atoms with Crippen LogP contribution >= 0.6 is 0 Å². The second kappa shape index (κ2) is 8.38. The molecule has 1 radical (unpaired) electrons. The molecule has 0 aliphatic carbocycles. The first-order valence-corrected chi connectivity index (χ1v) is 3.80. The van der Waals surface area contributed by atoms with Gasteiger partial charge in [-0.05, 0) is 6.42 Å². The van der Waals surface area contributed by atoms with Crippen molar-refractivity contribution in [3.05, 3.63) is 6.54 Å². The Bertz CT molecular complexity index is 106. The van der Waals surface area contributed by atoms with E-state index in [4.69, 9.17) is 0 Å². The van der Waals surface area contributed by atoms with Crippen molar-refractivity contribution in [2.45, 2.75) is 39.0 Å². The van der Waals surface area contributed by atoms with Gasteiger partial charge in [-0.25, -0.2) is 9.79 Å². The second-order valence-electron chi connectivity index (χ2n) is 2.25. The van der Waals surface area contributed by atoms with E-state index in [-0.39, 0.29) is 0 Å². The molecule has 57 valence electrons. The molecule has 0 aromatic heterocycles. The number of hydrogen-bond donors (Lipinski definition) is 0. The fourth-order valence-corrected chi connectivity index (χ4v) is 0.764. The van der Waals surface area contributed by atoms with E-state index in [1.165, 1.54) is 25.3 Å². The van der Waals surface area contributed by atoms with Gasteiger partial charge in [-0.15, -0.1) is 0 Å². The SMILES string of the molecule is CCCCCC[CH]N=C=O. The molecule has 0 amide bonds. The Kier molecular flexibility index (Phi) is 7.86. The van der Waals surface area contributed by atoms with Crippen LogP contribution in [0.25, 0.3) is 0 Å². The van der Waals surface area contributed by atoms with Crippen LogP contribution in [-0.4, -0.2) is 6.08 Å². The molecule has 0 aromatic carbocycles. The van der Waals surface area contributed by atoms with Gasteiger partial charge in [0.1, 0.15) is 0 Å². The van der Waals surface area contributed by atoms with E-state index in [0.717, 1.165) is 12.8 Å². The average Bonchev–Trinajstić information content (AvgIpc) is 1.97. The van der Waals surface area contributed by atoms with Crippen molar-refractivity contribution in [1.82, 2.24) is 0 Å². The summed E-state index contributed by atoms with van der Waals surface area (Å²) in [5.41, 5.74) is 0. The van der Waals surface area contributed by atoms with Gasteiger partial charge in [0.05, 0.1) is 6.54 Å². The third-order valence-electron chi connectivity index (χ3n) is 1.33. The number of isocyanates is 1. The van der Waals surface area contributed by atoms with Gasteiger partial charge in [-0.1, -0.05) is 32.6 Å². The highest BCUT2D eigenvalue weighted by molar-refractivity contribution is 5.33. The maximum atomic E-state index is 9.57. The first-order chi connectivity index (χ1) is 4.91. The Morgan fingerprint density at radius 1 is 1.40 bits per heavy atom. The number of unbranched alkanes of at least 4 members (excludes halogenated alkanes) is 4. The zero-order chi connectivity index (χ0) is 7.66. The summed E-state index contributed by atoms with van der Waals surface area (Å²) in [6.07, 6.45) is 7.29. The molecule has 0 bridgehead atoms. The monoisotopic (exact) mass is 140 g/mol. The van der Waals surface area contributed by atoms with Gasteiger partial charge < -0.3 is 0 Å². The predicted octanol–water partition coefficient (Wildman–Crippen LogP) is 2.45. The molecule has 0 saturated carbocycles. The fourth-order valence-electron chi connectivity index (χ4n) is 0.764. The zero-order valence-electron chi connectivity index (χ0n) is 6.47. The Morgan fingerprint density at radius 2 is 2.20 bits per heavy atom. The molecule has 10 heavy (non-hydrogen) atoms. The number of carbonyl (C=O) groups excluding carboxylic acids is 1. The van der Waals surface area contributed by atoms with E-state index in [0.29, 0.717) is 0 Å². The van der Waals surface area contributed by atoms with Crippen LogP contribution in [0.1, 0.15) is 39.0 Å². The van der Waals surface area contributed by atoms with E-state index in [1.807, 2.05) is 0 Å². The van der Waals surface area contributed by atoms with Gasteiger partial charge in [0.2, 0.25) is 6.08 Å². The van der Waals surface area contributed by atoms with E-state index < -0.39 is 0 Å². The highest BCUT2D eigenvalue weighted by atomic mass is 16.1. The molecule has 0 unspecified atom stereocenters. The average molecular weight is 140 g/mol. The second-order valence-corrected chi connectivity index (χ2v) is 2.25. The van der Waals surface area contributed by atoms with Crippen LogP contribution in [0.5, 0.6) is 0 Å². The molecule has 0 aliphatic rings. The zero-order valence-corrected chi connectivity index (χ0v) is 6.47. The molecule has 2 nitrogen and oxygen atoms in total. The van der Waals surface area contributed by atoms with Gasteiger partial charge in [0.25, 0.3) is 0 Å². The minimum Gasteiger partial charge on any atom is -0.211 e. The third kappa shape index (κ3) is 7.38. The summed E-state index contributed by atoms with van der Waals surface area (Å²) in [5.74, 6) is 0. The van der Waals surface area contributed by atoms with E-state index in [9.17, 15) is 4.79 Å². The number of hydrogen-bond acceptors (Lipinski definition) is 2. The standard InChI is InChI=1S/C8H14NO/c1-2-3-4-5-6-7-9-8-10/h7H,2-6H2,1H3. The molecular weight excluding hydrogens is 126 g/mol. The summed E-state index contributed by atoms with van der Waals surface area (Å²) in [6.45, 7) is 3.80. The van der Waals surface area contributed by atoms with Crippen LogP contribution < -0.4 is 0 Å². The first kappa shape index (κ1) is 9.38. The maximum Gasteiger partial charge on any atom is 0.235 e. The van der Waals surface area contributed by atoms with Gasteiger partial charge in [0.15, 0.2) is 0 Å². The van der Waals surface area contributed by atoms with Gasteiger partial charge in [0, 0.05) is 0 Å². The molecule has 0 spiro atoms. The smallest absolute Gasteiger partial charge is 0.211 e. The van der Waals surface area contributed by atoms with Crippen LogP contribution in [0.15, 0.2) is 4.99 Å². The van der Waals surface area contributed by atoms with Crippen molar-refractivity contribution in [1.29, 1.82) is 0 Å². The lowest BCUT2D eigenvalue weighted by Gasteiger charge is -1.93. The van der Waals surface area contributed by atoms with Crippen LogP contribution in [0.3, 0.4) is 0 Å². The van der Waals surface area contributed by atoms with Crippen molar-refractivity contribution >= 4 is 6.08 Å².